The molecular weight excluding hydrogens is 379 g/mol. The SMILES string of the molecule is C[C@]1(c2ccccc2)NC(=O)N(CCSc2cc(Cl)ccc2Cl)C1=O. The molecule has 1 fully saturated rings. The normalized spacial score (nSPS) is 20.0. The summed E-state index contributed by atoms with van der Waals surface area (Å²) in [5.74, 6) is 0.283. The number of benzene rings is 2. The number of amides is 3. The van der Waals surface area contributed by atoms with Gasteiger partial charge in [0, 0.05) is 22.2 Å². The Bertz CT molecular complexity index is 816. The van der Waals surface area contributed by atoms with Crippen molar-refractivity contribution in [2.24, 2.45) is 0 Å². The second kappa shape index (κ2) is 7.28. The molecule has 1 atom stereocenters. The molecule has 1 N–H and O–H groups in total. The maximum absolute atomic E-state index is 12.8. The first-order chi connectivity index (χ1) is 11.9. The fraction of sp³-hybridized carbons (Fsp3) is 0.222. The van der Waals surface area contributed by atoms with Crippen LogP contribution >= 0.6 is 35.0 Å². The summed E-state index contributed by atoms with van der Waals surface area (Å²) >= 11 is 13.6. The Balaban J connectivity index is 1.68. The summed E-state index contributed by atoms with van der Waals surface area (Å²) in [5.41, 5.74) is -0.266. The molecule has 0 aromatic heterocycles. The lowest BCUT2D eigenvalue weighted by Gasteiger charge is -2.22. The van der Waals surface area contributed by atoms with E-state index < -0.39 is 5.54 Å². The zero-order valence-electron chi connectivity index (χ0n) is 13.5. The molecule has 2 aromatic rings. The minimum Gasteiger partial charge on any atom is -0.319 e. The smallest absolute Gasteiger partial charge is 0.319 e. The second-order valence-corrected chi connectivity index (χ2v) is 7.78. The molecule has 3 rings (SSSR count). The summed E-state index contributed by atoms with van der Waals surface area (Å²) in [5, 5.41) is 3.99. The summed E-state index contributed by atoms with van der Waals surface area (Å²) in [7, 11) is 0. The van der Waals surface area contributed by atoms with Gasteiger partial charge in [0.25, 0.3) is 5.91 Å². The third kappa shape index (κ3) is 3.64. The van der Waals surface area contributed by atoms with Crippen LogP contribution in [-0.2, 0) is 10.3 Å². The van der Waals surface area contributed by atoms with Crippen molar-refractivity contribution < 1.29 is 9.59 Å². The number of hydrogen-bond acceptors (Lipinski definition) is 3. The first-order valence-electron chi connectivity index (χ1n) is 7.69. The number of nitrogens with one attached hydrogen (secondary N) is 1. The zero-order chi connectivity index (χ0) is 18.0. The molecular formula is C18H16Cl2N2O2S. The van der Waals surface area contributed by atoms with Crippen molar-refractivity contribution >= 4 is 46.9 Å². The molecule has 1 saturated heterocycles. The lowest BCUT2D eigenvalue weighted by molar-refractivity contribution is -0.130. The lowest BCUT2D eigenvalue weighted by atomic mass is 9.92. The Morgan fingerprint density at radius 2 is 1.84 bits per heavy atom. The maximum Gasteiger partial charge on any atom is 0.325 e. The Morgan fingerprint density at radius 1 is 1.12 bits per heavy atom. The van der Waals surface area contributed by atoms with Crippen molar-refractivity contribution in [1.29, 1.82) is 0 Å². The monoisotopic (exact) mass is 394 g/mol. The van der Waals surface area contributed by atoms with Gasteiger partial charge in [-0.3, -0.25) is 9.69 Å². The van der Waals surface area contributed by atoms with Gasteiger partial charge in [0.05, 0.1) is 5.02 Å². The van der Waals surface area contributed by atoms with Crippen LogP contribution in [0.15, 0.2) is 53.4 Å². The summed E-state index contributed by atoms with van der Waals surface area (Å²) in [6.45, 7) is 2.02. The average Bonchev–Trinajstić information content (AvgIpc) is 2.83. The first kappa shape index (κ1) is 18.1. The van der Waals surface area contributed by atoms with E-state index in [0.29, 0.717) is 22.3 Å². The molecule has 0 unspecified atom stereocenters. The highest BCUT2D eigenvalue weighted by Crippen LogP contribution is 2.32. The van der Waals surface area contributed by atoms with E-state index in [4.69, 9.17) is 23.2 Å². The van der Waals surface area contributed by atoms with Crippen LogP contribution in [0.3, 0.4) is 0 Å². The van der Waals surface area contributed by atoms with E-state index in [2.05, 4.69) is 5.32 Å². The Kier molecular flexibility index (Phi) is 5.27. The fourth-order valence-electron chi connectivity index (χ4n) is 2.70. The van der Waals surface area contributed by atoms with Crippen LogP contribution in [0, 0.1) is 0 Å². The third-order valence-corrected chi connectivity index (χ3v) is 5.80. The average molecular weight is 395 g/mol. The molecule has 130 valence electrons. The molecule has 0 saturated carbocycles. The second-order valence-electron chi connectivity index (χ2n) is 5.80. The minimum atomic E-state index is -1.03. The van der Waals surface area contributed by atoms with Crippen molar-refractivity contribution in [2.75, 3.05) is 12.3 Å². The molecule has 0 bridgehead atoms. The van der Waals surface area contributed by atoms with Crippen LogP contribution in [-0.4, -0.2) is 29.1 Å². The number of hydrogen-bond donors (Lipinski definition) is 1. The van der Waals surface area contributed by atoms with Gasteiger partial charge in [-0.05, 0) is 30.7 Å². The summed E-state index contributed by atoms with van der Waals surface area (Å²) in [6.07, 6.45) is 0. The van der Waals surface area contributed by atoms with Crippen LogP contribution in [0.1, 0.15) is 12.5 Å². The van der Waals surface area contributed by atoms with Gasteiger partial charge in [-0.1, -0.05) is 53.5 Å². The standard InChI is InChI=1S/C18H16Cl2N2O2S/c1-18(12-5-3-2-4-6-12)16(23)22(17(24)21-18)9-10-25-15-11-13(19)7-8-14(15)20/h2-8,11H,9-10H2,1H3,(H,21,24)/t18-/m1/s1. The quantitative estimate of drug-likeness (QED) is 0.597. The summed E-state index contributed by atoms with van der Waals surface area (Å²) in [4.78, 5) is 27.1. The first-order valence-corrected chi connectivity index (χ1v) is 9.43. The number of carbonyl (C=O) groups excluding carboxylic acids is 2. The fourth-order valence-corrected chi connectivity index (χ4v) is 4.13. The molecule has 4 nitrogen and oxygen atoms in total. The van der Waals surface area contributed by atoms with Crippen molar-refractivity contribution in [3.8, 4) is 0 Å². The van der Waals surface area contributed by atoms with E-state index in [1.807, 2.05) is 30.3 Å². The van der Waals surface area contributed by atoms with Gasteiger partial charge in [0.2, 0.25) is 0 Å². The van der Waals surface area contributed by atoms with Crippen molar-refractivity contribution in [3.63, 3.8) is 0 Å². The van der Waals surface area contributed by atoms with Gasteiger partial charge in [-0.25, -0.2) is 4.79 Å². The number of rotatable bonds is 5. The van der Waals surface area contributed by atoms with Gasteiger partial charge < -0.3 is 5.32 Å². The van der Waals surface area contributed by atoms with E-state index >= 15 is 0 Å². The number of carbonyl (C=O) groups is 2. The number of urea groups is 1. The van der Waals surface area contributed by atoms with E-state index in [9.17, 15) is 9.59 Å². The van der Waals surface area contributed by atoms with Crippen LogP contribution in [0.2, 0.25) is 10.0 Å². The molecule has 1 aliphatic rings. The van der Waals surface area contributed by atoms with E-state index in [1.165, 1.54) is 16.7 Å². The highest BCUT2D eigenvalue weighted by Gasteiger charge is 2.48. The topological polar surface area (TPSA) is 49.4 Å². The molecule has 7 heteroatoms. The predicted octanol–water partition coefficient (Wildman–Crippen LogP) is 4.55. The Hall–Kier alpha value is -1.69. The number of halogens is 2. The highest BCUT2D eigenvalue weighted by molar-refractivity contribution is 7.99. The number of nitrogens with zero attached hydrogens (tertiary/aromatic N) is 1. The molecule has 0 radical (unpaired) electrons. The number of thioether (sulfide) groups is 1. The summed E-state index contributed by atoms with van der Waals surface area (Å²) < 4.78 is 0. The molecule has 0 spiro atoms. The molecule has 1 heterocycles. The molecule has 0 aliphatic carbocycles. The van der Waals surface area contributed by atoms with Crippen LogP contribution in [0.5, 0.6) is 0 Å². The van der Waals surface area contributed by atoms with Gasteiger partial charge in [0.15, 0.2) is 0 Å². The van der Waals surface area contributed by atoms with E-state index in [-0.39, 0.29) is 11.9 Å². The van der Waals surface area contributed by atoms with Crippen molar-refractivity contribution in [2.45, 2.75) is 17.4 Å². The molecule has 1 aliphatic heterocycles. The van der Waals surface area contributed by atoms with Crippen LogP contribution in [0.25, 0.3) is 0 Å². The minimum absolute atomic E-state index is 0.249. The molecule has 25 heavy (non-hydrogen) atoms. The van der Waals surface area contributed by atoms with Crippen LogP contribution in [0.4, 0.5) is 4.79 Å². The highest BCUT2D eigenvalue weighted by atomic mass is 35.5. The third-order valence-electron chi connectivity index (χ3n) is 4.09. The Labute approximate surface area is 160 Å². The van der Waals surface area contributed by atoms with Crippen molar-refractivity contribution in [3.05, 3.63) is 64.1 Å². The van der Waals surface area contributed by atoms with Gasteiger partial charge in [-0.15, -0.1) is 11.8 Å². The van der Waals surface area contributed by atoms with Crippen molar-refractivity contribution in [1.82, 2.24) is 10.2 Å². The van der Waals surface area contributed by atoms with E-state index in [1.54, 1.807) is 25.1 Å². The molecule has 2 aromatic carbocycles. The van der Waals surface area contributed by atoms with Gasteiger partial charge in [-0.2, -0.15) is 0 Å². The van der Waals surface area contributed by atoms with Crippen LogP contribution < -0.4 is 5.32 Å². The molecule has 3 amide bonds. The van der Waals surface area contributed by atoms with Gasteiger partial charge in [0.1, 0.15) is 5.54 Å². The van der Waals surface area contributed by atoms with Gasteiger partial charge >= 0.3 is 6.03 Å². The summed E-state index contributed by atoms with van der Waals surface area (Å²) in [6, 6.07) is 14.1. The number of imide groups is 1. The lowest BCUT2D eigenvalue weighted by Crippen LogP contribution is -2.41. The maximum atomic E-state index is 12.8. The predicted molar refractivity (Wildman–Crippen MR) is 101 cm³/mol. The zero-order valence-corrected chi connectivity index (χ0v) is 15.8. The Morgan fingerprint density at radius 3 is 2.56 bits per heavy atom. The van der Waals surface area contributed by atoms with E-state index in [0.717, 1.165) is 10.5 Å². The largest absolute Gasteiger partial charge is 0.325 e.